The third-order valence-corrected chi connectivity index (χ3v) is 3.67. The molecule has 2 rings (SSSR count). The number of hydrogen-bond donors (Lipinski definition) is 3. The van der Waals surface area contributed by atoms with Gasteiger partial charge in [-0.1, -0.05) is 29.8 Å². The molecule has 0 bridgehead atoms. The van der Waals surface area contributed by atoms with Gasteiger partial charge in [0.2, 0.25) is 0 Å². The SMILES string of the molecule is CN(C)C.Cc1ccc(Cc2c(C)nn(C/C(F)=C/CN)c2C)cc1.OCO. The summed E-state index contributed by atoms with van der Waals surface area (Å²) in [6.45, 7) is 5.64. The summed E-state index contributed by atoms with van der Waals surface area (Å²) in [5, 5.41) is 18.7. The zero-order valence-corrected chi connectivity index (χ0v) is 17.9. The second-order valence-electron chi connectivity index (χ2n) is 6.84. The summed E-state index contributed by atoms with van der Waals surface area (Å²) >= 11 is 0. The number of aryl methyl sites for hydroxylation is 2. The van der Waals surface area contributed by atoms with Crippen molar-refractivity contribution in [2.75, 3.05) is 34.5 Å². The smallest absolute Gasteiger partial charge is 0.140 e. The lowest BCUT2D eigenvalue weighted by Crippen LogP contribution is -2.05. The van der Waals surface area contributed by atoms with E-state index in [2.05, 4.69) is 36.3 Å². The highest BCUT2D eigenvalue weighted by molar-refractivity contribution is 5.33. The molecule has 28 heavy (non-hydrogen) atoms. The molecule has 2 aromatic rings. The molecule has 6 nitrogen and oxygen atoms in total. The van der Waals surface area contributed by atoms with E-state index in [1.54, 1.807) is 4.68 Å². The third-order valence-electron chi connectivity index (χ3n) is 3.67. The van der Waals surface area contributed by atoms with Crippen molar-refractivity contribution in [2.24, 2.45) is 5.73 Å². The quantitative estimate of drug-likeness (QED) is 0.678. The number of nitrogens with zero attached hydrogens (tertiary/aromatic N) is 3. The van der Waals surface area contributed by atoms with Crippen LogP contribution in [0.15, 0.2) is 36.2 Å². The Balaban J connectivity index is 0.000000904. The van der Waals surface area contributed by atoms with Crippen LogP contribution in [0.5, 0.6) is 0 Å². The highest BCUT2D eigenvalue weighted by atomic mass is 19.1. The lowest BCUT2D eigenvalue weighted by molar-refractivity contribution is 0.0773. The number of halogens is 1. The van der Waals surface area contributed by atoms with Crippen LogP contribution in [0.25, 0.3) is 0 Å². The van der Waals surface area contributed by atoms with Crippen molar-refractivity contribution in [2.45, 2.75) is 33.7 Å². The van der Waals surface area contributed by atoms with Gasteiger partial charge in [-0.15, -0.1) is 0 Å². The standard InChI is InChI=1S/C17H22FN3.C3H9N.CH4O2/c1-12-4-6-15(7-5-12)10-17-13(2)20-21(14(17)3)11-16(18)8-9-19;1-4(2)3;2-1-3/h4-8H,9-11,19H2,1-3H3;1-3H3;2-3H,1H2/b16-8-;;. The molecule has 0 aliphatic heterocycles. The van der Waals surface area contributed by atoms with E-state index in [1.807, 2.05) is 39.9 Å². The summed E-state index contributed by atoms with van der Waals surface area (Å²) in [5.74, 6) is -0.245. The average Bonchev–Trinajstić information content (AvgIpc) is 2.84. The van der Waals surface area contributed by atoms with E-state index in [1.165, 1.54) is 22.8 Å². The van der Waals surface area contributed by atoms with Crippen LogP contribution < -0.4 is 5.73 Å². The summed E-state index contributed by atoms with van der Waals surface area (Å²) in [6.07, 6.45) is 2.20. The Morgan fingerprint density at radius 3 is 2.11 bits per heavy atom. The maximum atomic E-state index is 13.6. The maximum Gasteiger partial charge on any atom is 0.140 e. The molecule has 1 aromatic heterocycles. The Kier molecular flexibility index (Phi) is 13.0. The maximum absolute atomic E-state index is 13.6. The largest absolute Gasteiger partial charge is 0.371 e. The number of nitrogens with two attached hydrogens (primary N) is 1. The zero-order chi connectivity index (χ0) is 21.7. The molecule has 1 heterocycles. The lowest BCUT2D eigenvalue weighted by atomic mass is 10.0. The molecular formula is C21H35FN4O2. The molecule has 4 N–H and O–H groups in total. The number of rotatable bonds is 5. The van der Waals surface area contributed by atoms with Gasteiger partial charge in [0, 0.05) is 24.2 Å². The number of aliphatic hydroxyl groups excluding tert-OH is 1. The molecule has 0 spiro atoms. The van der Waals surface area contributed by atoms with Crippen molar-refractivity contribution in [1.82, 2.24) is 14.7 Å². The van der Waals surface area contributed by atoms with Gasteiger partial charge in [0.05, 0.1) is 12.2 Å². The first kappa shape index (κ1) is 25.9. The van der Waals surface area contributed by atoms with Crippen molar-refractivity contribution in [3.05, 3.63) is 64.2 Å². The summed E-state index contributed by atoms with van der Waals surface area (Å²) in [4.78, 5) is 2.00. The zero-order valence-electron chi connectivity index (χ0n) is 17.9. The number of allylic oxidation sites excluding steroid dienone is 1. The molecule has 0 atom stereocenters. The molecular weight excluding hydrogens is 359 g/mol. The predicted octanol–water partition coefficient (Wildman–Crippen LogP) is 2.32. The van der Waals surface area contributed by atoms with E-state index in [0.29, 0.717) is 0 Å². The van der Waals surface area contributed by atoms with Crippen LogP contribution in [-0.4, -0.2) is 59.4 Å². The molecule has 0 saturated carbocycles. The van der Waals surface area contributed by atoms with Crippen LogP contribution in [0, 0.1) is 20.8 Å². The summed E-state index contributed by atoms with van der Waals surface area (Å²) in [7, 11) is 6.00. The highest BCUT2D eigenvalue weighted by Gasteiger charge is 2.13. The monoisotopic (exact) mass is 394 g/mol. The van der Waals surface area contributed by atoms with Gasteiger partial charge in [-0.25, -0.2) is 4.39 Å². The Hall–Kier alpha value is -2.06. The van der Waals surface area contributed by atoms with Gasteiger partial charge < -0.3 is 20.8 Å². The predicted molar refractivity (Wildman–Crippen MR) is 113 cm³/mol. The van der Waals surface area contributed by atoms with Crippen molar-refractivity contribution in [1.29, 1.82) is 0 Å². The van der Waals surface area contributed by atoms with Gasteiger partial charge in [-0.3, -0.25) is 4.68 Å². The molecule has 158 valence electrons. The third kappa shape index (κ3) is 10.3. The Morgan fingerprint density at radius 2 is 1.64 bits per heavy atom. The first-order valence-corrected chi connectivity index (χ1v) is 9.11. The van der Waals surface area contributed by atoms with Crippen LogP contribution in [-0.2, 0) is 13.0 Å². The summed E-state index contributed by atoms with van der Waals surface area (Å²) in [6, 6.07) is 8.46. The van der Waals surface area contributed by atoms with E-state index >= 15 is 0 Å². The van der Waals surface area contributed by atoms with Crippen LogP contribution in [0.1, 0.15) is 28.1 Å². The molecule has 0 radical (unpaired) electrons. The summed E-state index contributed by atoms with van der Waals surface area (Å²) < 4.78 is 15.3. The Labute approximate surface area is 168 Å². The topological polar surface area (TPSA) is 87.5 Å². The van der Waals surface area contributed by atoms with E-state index in [0.717, 1.165) is 17.8 Å². The summed E-state index contributed by atoms with van der Waals surface area (Å²) in [5.41, 5.74) is 10.9. The average molecular weight is 395 g/mol. The number of aliphatic hydroxyl groups is 2. The lowest BCUT2D eigenvalue weighted by Gasteiger charge is -2.05. The van der Waals surface area contributed by atoms with Gasteiger partial charge in [0.1, 0.15) is 12.6 Å². The van der Waals surface area contributed by atoms with Gasteiger partial charge >= 0.3 is 0 Å². The number of benzene rings is 1. The van der Waals surface area contributed by atoms with Gasteiger partial charge in [-0.2, -0.15) is 5.10 Å². The Bertz CT molecular complexity index is 707. The van der Waals surface area contributed by atoms with Crippen molar-refractivity contribution < 1.29 is 14.6 Å². The Morgan fingerprint density at radius 1 is 1.14 bits per heavy atom. The van der Waals surface area contributed by atoms with E-state index < -0.39 is 6.79 Å². The second-order valence-corrected chi connectivity index (χ2v) is 6.84. The van der Waals surface area contributed by atoms with E-state index in [-0.39, 0.29) is 18.9 Å². The van der Waals surface area contributed by atoms with Crippen LogP contribution in [0.2, 0.25) is 0 Å². The molecule has 0 amide bonds. The second kappa shape index (κ2) is 14.0. The normalized spacial score (nSPS) is 10.9. The van der Waals surface area contributed by atoms with E-state index in [9.17, 15) is 4.39 Å². The molecule has 7 heteroatoms. The minimum Gasteiger partial charge on any atom is -0.371 e. The minimum absolute atomic E-state index is 0.151. The van der Waals surface area contributed by atoms with E-state index in [4.69, 9.17) is 15.9 Å². The van der Waals surface area contributed by atoms with Gasteiger partial charge in [0.15, 0.2) is 0 Å². The van der Waals surface area contributed by atoms with Crippen LogP contribution in [0.3, 0.4) is 0 Å². The van der Waals surface area contributed by atoms with Crippen LogP contribution >= 0.6 is 0 Å². The van der Waals surface area contributed by atoms with Crippen molar-refractivity contribution in [3.8, 4) is 0 Å². The number of hydrogen-bond acceptors (Lipinski definition) is 5. The number of aromatic nitrogens is 2. The van der Waals surface area contributed by atoms with Crippen molar-refractivity contribution >= 4 is 0 Å². The highest BCUT2D eigenvalue weighted by Crippen LogP contribution is 2.19. The molecule has 0 aliphatic rings. The molecule has 0 saturated heterocycles. The first-order valence-electron chi connectivity index (χ1n) is 9.11. The minimum atomic E-state index is -0.750. The fourth-order valence-corrected chi connectivity index (χ4v) is 2.39. The molecule has 0 aliphatic carbocycles. The van der Waals surface area contributed by atoms with Crippen LogP contribution in [0.4, 0.5) is 4.39 Å². The molecule has 0 unspecified atom stereocenters. The fraction of sp³-hybridized carbons (Fsp3) is 0.476. The van der Waals surface area contributed by atoms with Crippen molar-refractivity contribution in [3.63, 3.8) is 0 Å². The van der Waals surface area contributed by atoms with Gasteiger partial charge in [0.25, 0.3) is 0 Å². The van der Waals surface area contributed by atoms with Gasteiger partial charge in [-0.05, 0) is 53.6 Å². The fourth-order valence-electron chi connectivity index (χ4n) is 2.39. The molecule has 1 aromatic carbocycles. The first-order chi connectivity index (χ1) is 13.2. The molecule has 0 fully saturated rings.